The predicted octanol–water partition coefficient (Wildman–Crippen LogP) is 4.77. The van der Waals surface area contributed by atoms with Crippen molar-refractivity contribution in [1.29, 1.82) is 0 Å². The Morgan fingerprint density at radius 3 is 1.33 bits per heavy atom. The minimum atomic E-state index is -1.66. The van der Waals surface area contributed by atoms with Crippen LogP contribution in [0.3, 0.4) is 0 Å². The number of nitrogen functional groups attached to an aromatic ring is 2. The van der Waals surface area contributed by atoms with Gasteiger partial charge in [-0.15, -0.1) is 22.7 Å². The number of esters is 2. The van der Waals surface area contributed by atoms with E-state index in [-0.39, 0.29) is 13.1 Å². The number of likely N-dealkylation sites (N-methyl/N-ethyl adjacent to an activating group) is 2. The third kappa shape index (κ3) is 9.85. The largest absolute Gasteiger partial charge is 0.434 e. The van der Waals surface area contributed by atoms with E-state index in [4.69, 9.17) is 32.4 Å². The summed E-state index contributed by atoms with van der Waals surface area (Å²) in [5, 5.41) is 3.88. The molecular weight excluding hydrogens is 701 g/mol. The summed E-state index contributed by atoms with van der Waals surface area (Å²) in [6.07, 6.45) is -0.959. The molecular formula is C38H46N6O6S2. The number of anilines is 2. The number of nitrogens with two attached hydrogens (primary N) is 4. The first kappa shape index (κ1) is 39.8. The second-order valence-electron chi connectivity index (χ2n) is 12.1. The molecule has 2 heterocycles. The number of rotatable bonds is 16. The molecule has 0 spiro atoms. The topological polar surface area (TPSA) is 197 Å². The summed E-state index contributed by atoms with van der Waals surface area (Å²) in [7, 11) is 0. The number of carbonyl (C=O) groups is 4. The molecule has 52 heavy (non-hydrogen) atoms. The molecule has 0 saturated heterocycles. The summed E-state index contributed by atoms with van der Waals surface area (Å²) in [6, 6.07) is 17.9. The Kier molecular flexibility index (Phi) is 14.1. The van der Waals surface area contributed by atoms with E-state index >= 15 is 0 Å². The van der Waals surface area contributed by atoms with Crippen molar-refractivity contribution < 1.29 is 28.7 Å². The monoisotopic (exact) mass is 746 g/mol. The fourth-order valence-corrected chi connectivity index (χ4v) is 8.03. The van der Waals surface area contributed by atoms with Gasteiger partial charge in [-0.1, -0.05) is 36.4 Å². The summed E-state index contributed by atoms with van der Waals surface area (Å²) in [5.41, 5.74) is 29.5. The van der Waals surface area contributed by atoms with E-state index in [1.807, 2.05) is 73.1 Å². The molecule has 8 N–H and O–H groups in total. The maximum absolute atomic E-state index is 13.6. The lowest BCUT2D eigenvalue weighted by atomic mass is 9.99. The van der Waals surface area contributed by atoms with Crippen molar-refractivity contribution in [2.75, 3.05) is 24.6 Å². The van der Waals surface area contributed by atoms with Crippen LogP contribution in [-0.2, 0) is 41.5 Å². The maximum Gasteiger partial charge on any atom is 0.333 e. The second kappa shape index (κ2) is 18.5. The predicted molar refractivity (Wildman–Crippen MR) is 205 cm³/mol. The van der Waals surface area contributed by atoms with Crippen LogP contribution in [0.4, 0.5) is 11.4 Å². The summed E-state index contributed by atoms with van der Waals surface area (Å²) < 4.78 is 10.4. The lowest BCUT2D eigenvalue weighted by Crippen LogP contribution is -2.48. The van der Waals surface area contributed by atoms with Gasteiger partial charge in [0.1, 0.15) is 0 Å². The fraction of sp³-hybridized carbons (Fsp3) is 0.316. The third-order valence-electron chi connectivity index (χ3n) is 8.67. The molecule has 4 aromatic rings. The number of aryl methyl sites for hydroxylation is 2. The normalized spacial score (nSPS) is 13.6. The van der Waals surface area contributed by atoms with E-state index in [1.54, 1.807) is 35.8 Å². The number of hydrogen-bond donors (Lipinski definition) is 4. The molecule has 2 aromatic heterocycles. The van der Waals surface area contributed by atoms with Gasteiger partial charge in [0.25, 0.3) is 11.8 Å². The average molecular weight is 747 g/mol. The zero-order valence-corrected chi connectivity index (χ0v) is 31.3. The Balaban J connectivity index is 1.40. The lowest BCUT2D eigenvalue weighted by molar-refractivity contribution is -0.158. The Hall–Kier alpha value is -5.02. The molecule has 4 atom stereocenters. The van der Waals surface area contributed by atoms with E-state index < -0.39 is 48.3 Å². The van der Waals surface area contributed by atoms with Gasteiger partial charge in [-0.2, -0.15) is 0 Å². The standard InChI is InChI=1S/C38H46N6O6S2/c1-5-43(29(33-23(3)17-19-51-33)21-25-11-7-9-13-27(25)39)37(47)35(41)49-31(45)15-16-32(46)50-36(42)38(48)44(6-2)30(34-24(4)18-20-52-34)22-26-12-8-10-14-28(26)40/h7-20,29-30,35-36H,5-6,21-22,39-42H2,1-4H3/b16-15-. The highest BCUT2D eigenvalue weighted by Crippen LogP contribution is 2.35. The summed E-state index contributed by atoms with van der Waals surface area (Å²) in [5.74, 6) is -3.37. The van der Waals surface area contributed by atoms with Gasteiger partial charge in [0.2, 0.25) is 12.5 Å². The average Bonchev–Trinajstić information content (AvgIpc) is 3.75. The van der Waals surface area contributed by atoms with Gasteiger partial charge in [-0.05, 0) is 97.8 Å². The Morgan fingerprint density at radius 1 is 0.654 bits per heavy atom. The van der Waals surface area contributed by atoms with Gasteiger partial charge in [-0.3, -0.25) is 21.1 Å². The number of hydrogen-bond acceptors (Lipinski definition) is 12. The van der Waals surface area contributed by atoms with Gasteiger partial charge in [0.05, 0.1) is 12.1 Å². The van der Waals surface area contributed by atoms with Crippen molar-refractivity contribution in [3.63, 3.8) is 0 Å². The van der Waals surface area contributed by atoms with Crippen LogP contribution >= 0.6 is 22.7 Å². The molecule has 0 aliphatic rings. The van der Waals surface area contributed by atoms with Gasteiger partial charge in [0, 0.05) is 46.4 Å². The molecule has 4 rings (SSSR count). The lowest BCUT2D eigenvalue weighted by Gasteiger charge is -2.33. The maximum atomic E-state index is 13.6. The van der Waals surface area contributed by atoms with E-state index in [2.05, 4.69) is 0 Å². The molecule has 276 valence electrons. The smallest absolute Gasteiger partial charge is 0.333 e. The van der Waals surface area contributed by atoms with E-state index in [0.29, 0.717) is 24.2 Å². The molecule has 2 amide bonds. The van der Waals surface area contributed by atoms with E-state index in [0.717, 1.165) is 44.2 Å². The second-order valence-corrected chi connectivity index (χ2v) is 14.0. The van der Waals surface area contributed by atoms with Crippen LogP contribution in [0.15, 0.2) is 83.6 Å². The minimum Gasteiger partial charge on any atom is -0.434 e. The number of para-hydroxylation sites is 2. The Bertz CT molecular complexity index is 1760. The van der Waals surface area contributed by atoms with Crippen LogP contribution in [0.25, 0.3) is 0 Å². The summed E-state index contributed by atoms with van der Waals surface area (Å²) >= 11 is 3.01. The molecule has 12 nitrogen and oxygen atoms in total. The first-order chi connectivity index (χ1) is 24.9. The van der Waals surface area contributed by atoms with Crippen molar-refractivity contribution in [3.8, 4) is 0 Å². The van der Waals surface area contributed by atoms with Gasteiger partial charge in [-0.25, -0.2) is 9.59 Å². The SMILES string of the molecule is CCN(C(=O)C(N)OC(=O)/C=C\C(=O)OC(N)C(=O)N(CC)C(Cc1ccccc1N)c1sccc1C)C(Cc1ccccc1N)c1sccc1C. The number of nitrogens with zero attached hydrogens (tertiary/aromatic N) is 2. The van der Waals surface area contributed by atoms with E-state index in [1.165, 1.54) is 22.7 Å². The van der Waals surface area contributed by atoms with Crippen molar-refractivity contribution in [2.24, 2.45) is 11.5 Å². The van der Waals surface area contributed by atoms with Crippen molar-refractivity contribution in [1.82, 2.24) is 9.80 Å². The Labute approximate surface area is 312 Å². The van der Waals surface area contributed by atoms with Gasteiger partial charge >= 0.3 is 11.9 Å². The Morgan fingerprint density at radius 2 is 1.02 bits per heavy atom. The van der Waals surface area contributed by atoms with Crippen LogP contribution < -0.4 is 22.9 Å². The third-order valence-corrected chi connectivity index (χ3v) is 10.9. The number of carbonyl (C=O) groups excluding carboxylic acids is 4. The van der Waals surface area contributed by atoms with Gasteiger partial charge < -0.3 is 30.7 Å². The van der Waals surface area contributed by atoms with Gasteiger partial charge in [0.15, 0.2) is 0 Å². The van der Waals surface area contributed by atoms with E-state index in [9.17, 15) is 19.2 Å². The number of thiophene rings is 2. The van der Waals surface area contributed by atoms with Crippen LogP contribution in [0.1, 0.15) is 57.9 Å². The summed E-state index contributed by atoms with van der Waals surface area (Å²) in [6.45, 7) is 8.06. The summed E-state index contributed by atoms with van der Waals surface area (Å²) in [4.78, 5) is 57.6. The fourth-order valence-electron chi connectivity index (χ4n) is 5.95. The molecule has 0 saturated carbocycles. The molecule has 0 bridgehead atoms. The molecule has 0 aliphatic heterocycles. The highest BCUT2D eigenvalue weighted by Gasteiger charge is 2.33. The van der Waals surface area contributed by atoms with Crippen molar-refractivity contribution in [2.45, 2.75) is 65.1 Å². The van der Waals surface area contributed by atoms with Crippen LogP contribution in [0.2, 0.25) is 0 Å². The first-order valence-electron chi connectivity index (χ1n) is 16.8. The molecule has 2 aromatic carbocycles. The molecule has 14 heteroatoms. The van der Waals surface area contributed by atoms with Crippen LogP contribution in [0, 0.1) is 13.8 Å². The zero-order chi connectivity index (χ0) is 37.9. The highest BCUT2D eigenvalue weighted by molar-refractivity contribution is 7.10. The number of benzene rings is 2. The number of ether oxygens (including phenoxy) is 2. The highest BCUT2D eigenvalue weighted by atomic mass is 32.1. The molecule has 0 aliphatic carbocycles. The zero-order valence-electron chi connectivity index (χ0n) is 29.7. The first-order valence-corrected chi connectivity index (χ1v) is 18.6. The quantitative estimate of drug-likeness (QED) is 0.0537. The van der Waals surface area contributed by atoms with Crippen molar-refractivity contribution >= 4 is 57.8 Å². The molecule has 4 unspecified atom stereocenters. The van der Waals surface area contributed by atoms with Crippen LogP contribution in [-0.4, -0.2) is 59.1 Å². The van der Waals surface area contributed by atoms with Crippen LogP contribution in [0.5, 0.6) is 0 Å². The van der Waals surface area contributed by atoms with Crippen molar-refractivity contribution in [3.05, 3.63) is 116 Å². The minimum absolute atomic E-state index is 0.271. The molecule has 0 fully saturated rings. The number of amides is 2. The molecule has 0 radical (unpaired) electrons.